The first-order valence-electron chi connectivity index (χ1n) is 11.1. The van der Waals surface area contributed by atoms with Gasteiger partial charge in [0.25, 0.3) is 0 Å². The number of hydrogen-bond acceptors (Lipinski definition) is 3. The third-order valence-electron chi connectivity index (χ3n) is 5.22. The molecule has 190 valence electrons. The van der Waals surface area contributed by atoms with Crippen LogP contribution in [0.3, 0.4) is 0 Å². The Balaban J connectivity index is 1.99. The van der Waals surface area contributed by atoms with E-state index in [0.29, 0.717) is 16.8 Å². The normalized spacial score (nSPS) is 11.8. The van der Waals surface area contributed by atoms with Crippen LogP contribution in [0.1, 0.15) is 32.8 Å². The van der Waals surface area contributed by atoms with Gasteiger partial charge in [0.2, 0.25) is 0 Å². The summed E-state index contributed by atoms with van der Waals surface area (Å²) in [5.41, 5.74) is 0.961. The zero-order valence-corrected chi connectivity index (χ0v) is 20.1. The summed E-state index contributed by atoms with van der Waals surface area (Å²) in [4.78, 5) is 14.3. The number of anilines is 1. The summed E-state index contributed by atoms with van der Waals surface area (Å²) in [6.07, 6.45) is -4.57. The van der Waals surface area contributed by atoms with Crippen molar-refractivity contribution in [3.63, 3.8) is 0 Å². The summed E-state index contributed by atoms with van der Waals surface area (Å²) in [5.74, 6) is -2.14. The second-order valence-electron chi connectivity index (χ2n) is 9.53. The molecule has 0 unspecified atom stereocenters. The Labute approximate surface area is 206 Å². The molecule has 0 saturated heterocycles. The fourth-order valence-electron chi connectivity index (χ4n) is 3.78. The highest BCUT2D eigenvalue weighted by Gasteiger charge is 2.31. The van der Waals surface area contributed by atoms with E-state index in [1.165, 1.54) is 35.2 Å². The molecule has 0 aliphatic heterocycles. The minimum absolute atomic E-state index is 0.0288. The average molecular weight is 504 g/mol. The van der Waals surface area contributed by atoms with Gasteiger partial charge >= 0.3 is 6.36 Å². The van der Waals surface area contributed by atoms with Gasteiger partial charge in [0.15, 0.2) is 5.78 Å². The molecule has 36 heavy (non-hydrogen) atoms. The van der Waals surface area contributed by atoms with E-state index in [9.17, 15) is 26.7 Å². The van der Waals surface area contributed by atoms with Crippen LogP contribution in [0.25, 0.3) is 16.8 Å². The number of carbonyl (C=O) groups excluding carboxylic acids is 1. The number of carbonyl (C=O) groups is 1. The van der Waals surface area contributed by atoms with Crippen LogP contribution in [0.15, 0.2) is 73.3 Å². The van der Waals surface area contributed by atoms with E-state index in [-0.39, 0.29) is 41.2 Å². The summed E-state index contributed by atoms with van der Waals surface area (Å²) in [6.45, 7) is 9.45. The second kappa shape index (κ2) is 10.5. The highest BCUT2D eigenvalue weighted by molar-refractivity contribution is 5.91. The van der Waals surface area contributed by atoms with Crippen LogP contribution in [-0.4, -0.2) is 18.7 Å². The van der Waals surface area contributed by atoms with E-state index in [2.05, 4.69) is 11.3 Å². The Hall–Kier alpha value is -3.68. The van der Waals surface area contributed by atoms with Crippen molar-refractivity contribution < 1.29 is 31.5 Å². The van der Waals surface area contributed by atoms with Crippen molar-refractivity contribution in [2.75, 3.05) is 11.4 Å². The predicted octanol–water partition coefficient (Wildman–Crippen LogP) is 8.01. The number of alkyl halides is 3. The van der Waals surface area contributed by atoms with Crippen LogP contribution >= 0.6 is 0 Å². The Morgan fingerprint density at radius 2 is 1.47 bits per heavy atom. The SMILES string of the molecule is C=C(c1c(F)cccc1F)N(CC(=O)CC(C)(C)C)c1cccc(-c2ccc(OC(F)(F)F)cc2)c1. The van der Waals surface area contributed by atoms with Crippen molar-refractivity contribution in [2.24, 2.45) is 5.41 Å². The predicted molar refractivity (Wildman–Crippen MR) is 130 cm³/mol. The lowest BCUT2D eigenvalue weighted by atomic mass is 9.89. The van der Waals surface area contributed by atoms with Gasteiger partial charge in [-0.05, 0) is 52.9 Å². The third-order valence-corrected chi connectivity index (χ3v) is 5.22. The van der Waals surface area contributed by atoms with Crippen LogP contribution in [-0.2, 0) is 4.79 Å². The zero-order chi connectivity index (χ0) is 26.7. The van der Waals surface area contributed by atoms with Gasteiger partial charge in [-0.15, -0.1) is 13.2 Å². The number of ether oxygens (including phenoxy) is 1. The van der Waals surface area contributed by atoms with Crippen molar-refractivity contribution in [1.29, 1.82) is 0 Å². The van der Waals surface area contributed by atoms with Crippen LogP contribution in [0, 0.1) is 17.0 Å². The number of nitrogens with zero attached hydrogens (tertiary/aromatic N) is 1. The maximum atomic E-state index is 14.6. The Morgan fingerprint density at radius 1 is 0.889 bits per heavy atom. The van der Waals surface area contributed by atoms with Crippen LogP contribution in [0.5, 0.6) is 5.75 Å². The first-order valence-corrected chi connectivity index (χ1v) is 11.1. The fraction of sp³-hybridized carbons (Fsp3) is 0.250. The standard InChI is InChI=1S/C28H26F5NO2/c1-18(26-24(29)9-6-10-25(26)30)34(17-22(35)16-27(2,3)4)21-8-5-7-20(15-21)19-11-13-23(14-12-19)36-28(31,32)33/h5-15H,1,16-17H2,2-4H3. The van der Waals surface area contributed by atoms with Gasteiger partial charge in [0.05, 0.1) is 12.1 Å². The Kier molecular flexibility index (Phi) is 7.86. The van der Waals surface area contributed by atoms with Gasteiger partial charge in [-0.2, -0.15) is 0 Å². The average Bonchev–Trinajstić information content (AvgIpc) is 2.75. The van der Waals surface area contributed by atoms with Gasteiger partial charge in [0.1, 0.15) is 17.4 Å². The van der Waals surface area contributed by atoms with E-state index in [1.807, 2.05) is 20.8 Å². The molecule has 0 radical (unpaired) electrons. The minimum atomic E-state index is -4.80. The van der Waals surface area contributed by atoms with Crippen LogP contribution in [0.2, 0.25) is 0 Å². The molecule has 3 aromatic carbocycles. The first kappa shape index (κ1) is 26.9. The molecule has 0 amide bonds. The lowest BCUT2D eigenvalue weighted by Gasteiger charge is -2.29. The van der Waals surface area contributed by atoms with Crippen molar-refractivity contribution in [1.82, 2.24) is 0 Å². The molecule has 3 nitrogen and oxygen atoms in total. The molecular weight excluding hydrogens is 477 g/mol. The van der Waals surface area contributed by atoms with Gasteiger partial charge in [0, 0.05) is 17.8 Å². The van der Waals surface area contributed by atoms with E-state index < -0.39 is 18.0 Å². The number of benzene rings is 3. The smallest absolute Gasteiger partial charge is 0.406 e. The van der Waals surface area contributed by atoms with Crippen molar-refractivity contribution in [3.8, 4) is 16.9 Å². The number of rotatable bonds is 8. The third kappa shape index (κ3) is 7.16. The van der Waals surface area contributed by atoms with E-state index in [4.69, 9.17) is 0 Å². The summed E-state index contributed by atoms with van der Waals surface area (Å²) in [6, 6.07) is 15.5. The highest BCUT2D eigenvalue weighted by Crippen LogP contribution is 2.33. The quantitative estimate of drug-likeness (QED) is 0.292. The van der Waals surface area contributed by atoms with Crippen LogP contribution in [0.4, 0.5) is 27.6 Å². The van der Waals surface area contributed by atoms with Gasteiger partial charge in [-0.1, -0.05) is 57.7 Å². The Morgan fingerprint density at radius 3 is 2.03 bits per heavy atom. The second-order valence-corrected chi connectivity index (χ2v) is 9.53. The monoisotopic (exact) mass is 503 g/mol. The number of Topliss-reactive ketones (excluding diaryl/α,β-unsaturated/α-hetero) is 1. The molecule has 0 N–H and O–H groups in total. The molecule has 3 aromatic rings. The zero-order valence-electron chi connectivity index (χ0n) is 20.1. The molecule has 0 aliphatic carbocycles. The number of hydrogen-bond donors (Lipinski definition) is 0. The van der Waals surface area contributed by atoms with E-state index >= 15 is 0 Å². The van der Waals surface area contributed by atoms with Crippen molar-refractivity contribution in [2.45, 2.75) is 33.6 Å². The molecule has 0 fully saturated rings. The molecule has 0 heterocycles. The summed E-state index contributed by atoms with van der Waals surface area (Å²) >= 11 is 0. The first-order chi connectivity index (χ1) is 16.7. The number of ketones is 1. The lowest BCUT2D eigenvalue weighted by molar-refractivity contribution is -0.274. The molecule has 0 spiro atoms. The van der Waals surface area contributed by atoms with Gasteiger partial charge in [-0.3, -0.25) is 4.79 Å². The maximum absolute atomic E-state index is 14.6. The van der Waals surface area contributed by atoms with Crippen molar-refractivity contribution >= 4 is 17.2 Å². The molecule has 0 bridgehead atoms. The molecule has 8 heteroatoms. The summed E-state index contributed by atoms with van der Waals surface area (Å²) in [5, 5.41) is 0. The molecular formula is C28H26F5NO2. The minimum Gasteiger partial charge on any atom is -0.406 e. The molecule has 0 aliphatic rings. The molecule has 0 saturated carbocycles. The van der Waals surface area contributed by atoms with Gasteiger partial charge < -0.3 is 9.64 Å². The topological polar surface area (TPSA) is 29.5 Å². The maximum Gasteiger partial charge on any atom is 0.573 e. The summed E-state index contributed by atoms with van der Waals surface area (Å²) < 4.78 is 70.5. The molecule has 0 atom stereocenters. The highest BCUT2D eigenvalue weighted by atomic mass is 19.4. The van der Waals surface area contributed by atoms with Crippen molar-refractivity contribution in [3.05, 3.63) is 90.5 Å². The van der Waals surface area contributed by atoms with E-state index in [0.717, 1.165) is 12.1 Å². The van der Waals surface area contributed by atoms with Crippen LogP contribution < -0.4 is 9.64 Å². The molecule has 0 aromatic heterocycles. The number of halogens is 5. The molecule has 3 rings (SSSR count). The largest absolute Gasteiger partial charge is 0.573 e. The fourth-order valence-corrected chi connectivity index (χ4v) is 3.78. The lowest BCUT2D eigenvalue weighted by Crippen LogP contribution is -2.30. The van der Waals surface area contributed by atoms with E-state index in [1.54, 1.807) is 24.3 Å². The summed E-state index contributed by atoms with van der Waals surface area (Å²) in [7, 11) is 0. The van der Waals surface area contributed by atoms with Gasteiger partial charge in [-0.25, -0.2) is 8.78 Å². The Bertz CT molecular complexity index is 1220.